The second kappa shape index (κ2) is 8.82. The zero-order valence-corrected chi connectivity index (χ0v) is 19.1. The van der Waals surface area contributed by atoms with Gasteiger partial charge >= 0.3 is 0 Å². The molecule has 1 fully saturated rings. The first-order valence-electron chi connectivity index (χ1n) is 11.2. The molecule has 3 aliphatic rings. The number of hydrogen-bond donors (Lipinski definition) is 1. The van der Waals surface area contributed by atoms with Crippen LogP contribution in [0.5, 0.6) is 0 Å². The van der Waals surface area contributed by atoms with E-state index in [2.05, 4.69) is 44.6 Å². The largest absolute Gasteiger partial charge is 0.368 e. The normalized spacial score (nSPS) is 20.1. The maximum Gasteiger partial charge on any atom is 0.269 e. The van der Waals surface area contributed by atoms with Crippen molar-refractivity contribution >= 4 is 40.4 Å². The highest BCUT2D eigenvalue weighted by molar-refractivity contribution is 7.12. The Morgan fingerprint density at radius 2 is 1.94 bits per heavy atom. The molecule has 0 saturated carbocycles. The first kappa shape index (κ1) is 20.8. The van der Waals surface area contributed by atoms with E-state index in [1.807, 2.05) is 29.3 Å². The number of rotatable bonds is 6. The van der Waals surface area contributed by atoms with Gasteiger partial charge in [-0.15, -0.1) is 11.3 Å². The third-order valence-electron chi connectivity index (χ3n) is 6.37. The predicted octanol–water partition coefficient (Wildman–Crippen LogP) is 2.75. The lowest BCUT2D eigenvalue weighted by atomic mass is 10.1. The van der Waals surface area contributed by atoms with E-state index < -0.39 is 0 Å². The van der Waals surface area contributed by atoms with Gasteiger partial charge in [-0.25, -0.2) is 0 Å². The van der Waals surface area contributed by atoms with E-state index in [4.69, 9.17) is 0 Å². The van der Waals surface area contributed by atoms with Gasteiger partial charge in [0, 0.05) is 51.3 Å². The molecule has 1 aromatic heterocycles. The Bertz CT molecular complexity index is 1010. The van der Waals surface area contributed by atoms with E-state index in [-0.39, 0.29) is 18.1 Å². The molecule has 1 atom stereocenters. The van der Waals surface area contributed by atoms with Crippen LogP contribution in [0.1, 0.15) is 35.9 Å². The second-order valence-electron chi connectivity index (χ2n) is 8.18. The molecule has 0 spiro atoms. The van der Waals surface area contributed by atoms with Crippen LogP contribution in [0.2, 0.25) is 0 Å². The van der Waals surface area contributed by atoms with Crippen molar-refractivity contribution in [2.75, 3.05) is 42.5 Å². The van der Waals surface area contributed by atoms with E-state index in [1.165, 1.54) is 17.0 Å². The lowest BCUT2D eigenvalue weighted by Gasteiger charge is -2.39. The highest BCUT2D eigenvalue weighted by Crippen LogP contribution is 2.36. The lowest BCUT2D eigenvalue weighted by Crippen LogP contribution is -2.58. The molecule has 1 N–H and O–H groups in total. The zero-order chi connectivity index (χ0) is 22.1. The molecule has 5 rings (SSSR count). The van der Waals surface area contributed by atoms with Gasteiger partial charge in [-0.3, -0.25) is 24.8 Å². The van der Waals surface area contributed by atoms with Crippen molar-refractivity contribution in [2.45, 2.75) is 32.5 Å². The average molecular weight is 453 g/mol. The van der Waals surface area contributed by atoms with E-state index in [0.29, 0.717) is 19.4 Å². The van der Waals surface area contributed by atoms with E-state index >= 15 is 0 Å². The van der Waals surface area contributed by atoms with Crippen LogP contribution < -0.4 is 15.2 Å². The molecule has 2 amide bonds. The summed E-state index contributed by atoms with van der Waals surface area (Å²) in [4.78, 5) is 34.5. The molecule has 9 heteroatoms. The summed E-state index contributed by atoms with van der Waals surface area (Å²) in [7, 11) is 0. The van der Waals surface area contributed by atoms with Crippen molar-refractivity contribution in [3.8, 4) is 0 Å². The minimum atomic E-state index is -0.272. The predicted molar refractivity (Wildman–Crippen MR) is 127 cm³/mol. The van der Waals surface area contributed by atoms with Crippen molar-refractivity contribution in [3.63, 3.8) is 0 Å². The van der Waals surface area contributed by atoms with Gasteiger partial charge in [-0.05, 0) is 36.9 Å². The molecular formula is C23H28N6O2S. The smallest absolute Gasteiger partial charge is 0.269 e. The van der Waals surface area contributed by atoms with Gasteiger partial charge in [-0.2, -0.15) is 5.10 Å². The Hall–Kier alpha value is -3.07. The average Bonchev–Trinajstić information content (AvgIpc) is 3.48. The maximum absolute atomic E-state index is 12.8. The number of amidine groups is 1. The molecule has 0 aliphatic carbocycles. The number of nitrogens with one attached hydrogen (secondary N) is 1. The molecule has 1 unspecified atom stereocenters. The Kier molecular flexibility index (Phi) is 5.73. The fraction of sp³-hybridized carbons (Fsp3) is 0.435. The molecule has 4 heterocycles. The number of carbonyl (C=O) groups excluding carboxylic acids is 2. The number of anilines is 2. The van der Waals surface area contributed by atoms with Crippen LogP contribution in [-0.2, 0) is 4.79 Å². The number of fused-ring (bicyclic) bond motifs is 3. The number of hydrogen-bond acceptors (Lipinski definition) is 7. The number of hydrazone groups is 1. The first-order chi connectivity index (χ1) is 15.7. The van der Waals surface area contributed by atoms with Crippen LogP contribution >= 0.6 is 11.3 Å². The standard InChI is InChI=1S/C23H28N6O2S/c1-2-28-22(31)21-18(11-16-32-21)29-19(24-25-23(28)29)9-6-10-20(30)27-14-12-26(13-15-27)17-7-4-3-5-8-17/h3-5,7-8,11,16,23,25H,2,6,9-10,12-15H2,1H3. The minimum absolute atomic E-state index is 0.0486. The lowest BCUT2D eigenvalue weighted by molar-refractivity contribution is -0.131. The van der Waals surface area contributed by atoms with Crippen LogP contribution in [0.15, 0.2) is 46.9 Å². The van der Waals surface area contributed by atoms with Crippen LogP contribution in [0.4, 0.5) is 11.4 Å². The number of piperazine rings is 1. The third kappa shape index (κ3) is 3.70. The summed E-state index contributed by atoms with van der Waals surface area (Å²) in [5, 5.41) is 6.47. The van der Waals surface area contributed by atoms with Crippen molar-refractivity contribution in [1.29, 1.82) is 0 Å². The monoisotopic (exact) mass is 452 g/mol. The molecule has 2 aromatic rings. The van der Waals surface area contributed by atoms with Gasteiger partial charge in [0.25, 0.3) is 5.91 Å². The van der Waals surface area contributed by atoms with Crippen LogP contribution in [0, 0.1) is 0 Å². The van der Waals surface area contributed by atoms with Gasteiger partial charge in [0.05, 0.1) is 5.69 Å². The zero-order valence-electron chi connectivity index (χ0n) is 18.2. The van der Waals surface area contributed by atoms with Crippen LogP contribution in [0.3, 0.4) is 0 Å². The third-order valence-corrected chi connectivity index (χ3v) is 7.26. The number of thiophene rings is 1. The van der Waals surface area contributed by atoms with Crippen LogP contribution in [-0.4, -0.2) is 66.5 Å². The SMILES string of the molecule is CCN1C(=O)c2sccc2N2C(CCCC(=O)N3CCN(c4ccccc4)CC3)=NNC12. The number of amides is 2. The van der Waals surface area contributed by atoms with Crippen LogP contribution in [0.25, 0.3) is 0 Å². The van der Waals surface area contributed by atoms with Crippen molar-refractivity contribution < 1.29 is 9.59 Å². The second-order valence-corrected chi connectivity index (χ2v) is 9.10. The summed E-state index contributed by atoms with van der Waals surface area (Å²) in [6, 6.07) is 12.3. The Morgan fingerprint density at radius 1 is 1.16 bits per heavy atom. The fourth-order valence-electron chi connectivity index (χ4n) is 4.66. The van der Waals surface area contributed by atoms with Gasteiger partial charge in [0.15, 0.2) is 0 Å². The maximum atomic E-state index is 12.8. The Morgan fingerprint density at radius 3 is 2.69 bits per heavy atom. The Labute approximate surface area is 192 Å². The summed E-state index contributed by atoms with van der Waals surface area (Å²) in [5.74, 6) is 1.15. The number of benzene rings is 1. The van der Waals surface area contributed by atoms with Crippen molar-refractivity contribution in [2.24, 2.45) is 5.10 Å². The number of nitrogens with zero attached hydrogens (tertiary/aromatic N) is 5. The molecule has 3 aliphatic heterocycles. The fourth-order valence-corrected chi connectivity index (χ4v) is 5.50. The molecule has 1 saturated heterocycles. The minimum Gasteiger partial charge on any atom is -0.368 e. The van der Waals surface area contributed by atoms with Crippen molar-refractivity contribution in [3.05, 3.63) is 46.7 Å². The summed E-state index contributed by atoms with van der Waals surface area (Å²) in [5.41, 5.74) is 5.25. The van der Waals surface area contributed by atoms with Gasteiger partial charge < -0.3 is 9.80 Å². The van der Waals surface area contributed by atoms with Crippen molar-refractivity contribution in [1.82, 2.24) is 15.2 Å². The van der Waals surface area contributed by atoms with Gasteiger partial charge in [0.2, 0.25) is 12.2 Å². The van der Waals surface area contributed by atoms with Gasteiger partial charge in [0.1, 0.15) is 10.7 Å². The molecule has 8 nitrogen and oxygen atoms in total. The van der Waals surface area contributed by atoms with E-state index in [1.54, 1.807) is 4.90 Å². The molecule has 168 valence electrons. The highest BCUT2D eigenvalue weighted by Gasteiger charge is 2.42. The summed E-state index contributed by atoms with van der Waals surface area (Å²) >= 11 is 1.47. The highest BCUT2D eigenvalue weighted by atomic mass is 32.1. The molecule has 0 radical (unpaired) electrons. The summed E-state index contributed by atoms with van der Waals surface area (Å²) < 4.78 is 0. The first-order valence-corrected chi connectivity index (χ1v) is 12.1. The Balaban J connectivity index is 1.14. The molecule has 1 aromatic carbocycles. The summed E-state index contributed by atoms with van der Waals surface area (Å²) in [6.07, 6.45) is 1.67. The molecule has 32 heavy (non-hydrogen) atoms. The van der Waals surface area contributed by atoms with E-state index in [0.717, 1.165) is 49.0 Å². The molecular weight excluding hydrogens is 424 g/mol. The van der Waals surface area contributed by atoms with Gasteiger partial charge in [-0.1, -0.05) is 18.2 Å². The molecule has 0 bridgehead atoms. The van der Waals surface area contributed by atoms with E-state index in [9.17, 15) is 9.59 Å². The topological polar surface area (TPSA) is 71.5 Å². The number of carbonyl (C=O) groups is 2. The quantitative estimate of drug-likeness (QED) is 0.730. The number of para-hydroxylation sites is 1. The summed E-state index contributed by atoms with van der Waals surface area (Å²) in [6.45, 7) is 5.84.